The summed E-state index contributed by atoms with van der Waals surface area (Å²) in [6.07, 6.45) is 1.21. The van der Waals surface area contributed by atoms with E-state index in [2.05, 4.69) is 5.32 Å². The average molecular weight is 465 g/mol. The van der Waals surface area contributed by atoms with Crippen molar-refractivity contribution >= 4 is 35.0 Å². The van der Waals surface area contributed by atoms with E-state index in [0.29, 0.717) is 53.2 Å². The van der Waals surface area contributed by atoms with Gasteiger partial charge in [0.15, 0.2) is 11.5 Å². The van der Waals surface area contributed by atoms with E-state index in [9.17, 15) is 9.59 Å². The van der Waals surface area contributed by atoms with Gasteiger partial charge in [-0.1, -0.05) is 42.3 Å². The van der Waals surface area contributed by atoms with Crippen LogP contribution in [-0.4, -0.2) is 43.0 Å². The molecule has 0 fully saturated rings. The zero-order chi connectivity index (χ0) is 22.4. The van der Waals surface area contributed by atoms with Crippen molar-refractivity contribution in [2.75, 3.05) is 20.3 Å². The number of hydrogen-bond donors (Lipinski definition) is 1. The largest absolute Gasteiger partial charge is 0.486 e. The van der Waals surface area contributed by atoms with E-state index in [1.807, 2.05) is 25.1 Å². The molecule has 0 unspecified atom stereocenters. The number of hydrogen-bond acceptors (Lipinski definition) is 4. The molecular weight excluding hydrogens is 439 g/mol. The quantitative estimate of drug-likeness (QED) is 0.633. The monoisotopic (exact) mass is 464 g/mol. The standard InChI is InChI=1S/C23H26Cl2N2O4/c1-3-19(23(29)26-2)27(14-16-17(24)5-4-6-18(16)25)22(28)10-8-15-7-9-20-21(13-15)31-12-11-30-20/h4-7,9,13,19H,3,8,10-12,14H2,1-2H3,(H,26,29)/t19-/m1/s1. The number of amides is 2. The Balaban J connectivity index is 1.79. The van der Waals surface area contributed by atoms with E-state index in [4.69, 9.17) is 32.7 Å². The predicted octanol–water partition coefficient (Wildman–Crippen LogP) is 4.25. The number of likely N-dealkylation sites (N-methyl/N-ethyl adjacent to an activating group) is 1. The van der Waals surface area contributed by atoms with Crippen LogP contribution in [0, 0.1) is 0 Å². The smallest absolute Gasteiger partial charge is 0.242 e. The summed E-state index contributed by atoms with van der Waals surface area (Å²) in [7, 11) is 1.56. The number of ether oxygens (including phenoxy) is 2. The molecule has 3 rings (SSSR count). The molecule has 1 heterocycles. The van der Waals surface area contributed by atoms with Crippen LogP contribution in [0.2, 0.25) is 10.0 Å². The summed E-state index contributed by atoms with van der Waals surface area (Å²) in [6.45, 7) is 3.06. The zero-order valence-corrected chi connectivity index (χ0v) is 19.1. The van der Waals surface area contributed by atoms with Crippen molar-refractivity contribution in [2.24, 2.45) is 0 Å². The predicted molar refractivity (Wildman–Crippen MR) is 121 cm³/mol. The molecule has 1 aliphatic heterocycles. The van der Waals surface area contributed by atoms with Gasteiger partial charge in [0.2, 0.25) is 11.8 Å². The second-order valence-corrected chi connectivity index (χ2v) is 8.05. The van der Waals surface area contributed by atoms with Gasteiger partial charge in [-0.05, 0) is 42.7 Å². The summed E-state index contributed by atoms with van der Waals surface area (Å²) in [6, 6.07) is 10.3. The van der Waals surface area contributed by atoms with E-state index in [1.165, 1.54) is 0 Å². The molecule has 8 heteroatoms. The molecule has 0 radical (unpaired) electrons. The van der Waals surface area contributed by atoms with Crippen molar-refractivity contribution < 1.29 is 19.1 Å². The molecule has 0 spiro atoms. The number of carbonyl (C=O) groups excluding carboxylic acids is 2. The fourth-order valence-corrected chi connectivity index (χ4v) is 4.09. The summed E-state index contributed by atoms with van der Waals surface area (Å²) >= 11 is 12.7. The Kier molecular flexibility index (Phi) is 8.04. The number of nitrogens with one attached hydrogen (secondary N) is 1. The Hall–Kier alpha value is -2.44. The van der Waals surface area contributed by atoms with Crippen LogP contribution in [0.3, 0.4) is 0 Å². The van der Waals surface area contributed by atoms with Crippen molar-refractivity contribution in [2.45, 2.75) is 38.8 Å². The SMILES string of the molecule is CC[C@H](C(=O)NC)N(Cc1c(Cl)cccc1Cl)C(=O)CCc1ccc2c(c1)OCCO2. The number of nitrogens with zero attached hydrogens (tertiary/aromatic N) is 1. The Bertz CT molecular complexity index is 931. The third-order valence-corrected chi connectivity index (χ3v) is 5.96. The topological polar surface area (TPSA) is 67.9 Å². The van der Waals surface area contributed by atoms with Crippen LogP contribution >= 0.6 is 23.2 Å². The molecule has 0 bridgehead atoms. The Morgan fingerprint density at radius 2 is 1.77 bits per heavy atom. The number of aryl methyl sites for hydroxylation is 1. The van der Waals surface area contributed by atoms with E-state index in [0.717, 1.165) is 5.56 Å². The first-order valence-corrected chi connectivity index (χ1v) is 11.0. The molecule has 1 atom stereocenters. The summed E-state index contributed by atoms with van der Waals surface area (Å²) < 4.78 is 11.2. The summed E-state index contributed by atoms with van der Waals surface area (Å²) in [5, 5.41) is 3.57. The van der Waals surface area contributed by atoms with Crippen LogP contribution < -0.4 is 14.8 Å². The first-order chi connectivity index (χ1) is 14.9. The fourth-order valence-electron chi connectivity index (χ4n) is 3.58. The Morgan fingerprint density at radius 1 is 1.10 bits per heavy atom. The maximum absolute atomic E-state index is 13.3. The highest BCUT2D eigenvalue weighted by molar-refractivity contribution is 6.36. The minimum absolute atomic E-state index is 0.152. The third-order valence-electron chi connectivity index (χ3n) is 5.26. The van der Waals surface area contributed by atoms with Crippen molar-refractivity contribution in [3.8, 4) is 11.5 Å². The average Bonchev–Trinajstić information content (AvgIpc) is 2.78. The maximum atomic E-state index is 13.3. The van der Waals surface area contributed by atoms with Crippen LogP contribution in [-0.2, 0) is 22.6 Å². The Labute approximate surface area is 192 Å². The van der Waals surface area contributed by atoms with Gasteiger partial charge in [-0.15, -0.1) is 0 Å². The van der Waals surface area contributed by atoms with Crippen molar-refractivity contribution in [3.63, 3.8) is 0 Å². The van der Waals surface area contributed by atoms with Gasteiger partial charge >= 0.3 is 0 Å². The maximum Gasteiger partial charge on any atom is 0.242 e. The fraction of sp³-hybridized carbons (Fsp3) is 0.391. The van der Waals surface area contributed by atoms with Crippen LogP contribution in [0.15, 0.2) is 36.4 Å². The zero-order valence-electron chi connectivity index (χ0n) is 17.6. The summed E-state index contributed by atoms with van der Waals surface area (Å²) in [5.74, 6) is 1.02. The lowest BCUT2D eigenvalue weighted by atomic mass is 10.1. The van der Waals surface area contributed by atoms with Crippen molar-refractivity contribution in [3.05, 3.63) is 57.6 Å². The lowest BCUT2D eigenvalue weighted by Crippen LogP contribution is -2.48. The number of benzene rings is 2. The van der Waals surface area contributed by atoms with Crippen LogP contribution in [0.1, 0.15) is 30.9 Å². The van der Waals surface area contributed by atoms with Gasteiger partial charge in [-0.2, -0.15) is 0 Å². The minimum Gasteiger partial charge on any atom is -0.486 e. The van der Waals surface area contributed by atoms with Crippen molar-refractivity contribution in [1.82, 2.24) is 10.2 Å². The third kappa shape index (κ3) is 5.63. The first-order valence-electron chi connectivity index (χ1n) is 10.3. The van der Waals surface area contributed by atoms with Gasteiger partial charge in [0, 0.05) is 35.6 Å². The van der Waals surface area contributed by atoms with Crippen LogP contribution in [0.5, 0.6) is 11.5 Å². The second-order valence-electron chi connectivity index (χ2n) is 7.24. The molecule has 2 aromatic carbocycles. The molecule has 2 aromatic rings. The van der Waals surface area contributed by atoms with Gasteiger partial charge in [0.25, 0.3) is 0 Å². The lowest BCUT2D eigenvalue weighted by Gasteiger charge is -2.31. The summed E-state index contributed by atoms with van der Waals surface area (Å²) in [4.78, 5) is 27.3. The molecular formula is C23H26Cl2N2O4. The van der Waals surface area contributed by atoms with E-state index in [1.54, 1.807) is 30.1 Å². The molecule has 0 aromatic heterocycles. The minimum atomic E-state index is -0.620. The lowest BCUT2D eigenvalue weighted by molar-refractivity contribution is -0.141. The molecule has 2 amide bonds. The molecule has 0 saturated heterocycles. The Morgan fingerprint density at radius 3 is 2.42 bits per heavy atom. The number of halogens is 2. The van der Waals surface area contributed by atoms with E-state index < -0.39 is 6.04 Å². The highest BCUT2D eigenvalue weighted by Crippen LogP contribution is 2.31. The van der Waals surface area contributed by atoms with E-state index >= 15 is 0 Å². The number of rotatable bonds is 8. The van der Waals surface area contributed by atoms with Crippen LogP contribution in [0.4, 0.5) is 0 Å². The van der Waals surface area contributed by atoms with Crippen molar-refractivity contribution in [1.29, 1.82) is 0 Å². The first kappa shape index (κ1) is 23.2. The van der Waals surface area contributed by atoms with Gasteiger partial charge in [-0.25, -0.2) is 0 Å². The van der Waals surface area contributed by atoms with Gasteiger partial charge in [-0.3, -0.25) is 9.59 Å². The van der Waals surface area contributed by atoms with E-state index in [-0.39, 0.29) is 24.8 Å². The second kappa shape index (κ2) is 10.7. The molecule has 1 N–H and O–H groups in total. The molecule has 0 aliphatic carbocycles. The normalized spacial score (nSPS) is 13.4. The van der Waals surface area contributed by atoms with Gasteiger partial charge in [0.05, 0.1) is 0 Å². The number of carbonyl (C=O) groups is 2. The van der Waals surface area contributed by atoms with Gasteiger partial charge in [0.1, 0.15) is 19.3 Å². The highest BCUT2D eigenvalue weighted by atomic mass is 35.5. The molecule has 166 valence electrons. The highest BCUT2D eigenvalue weighted by Gasteiger charge is 2.29. The molecule has 0 saturated carbocycles. The molecule has 1 aliphatic rings. The van der Waals surface area contributed by atoms with Crippen LogP contribution in [0.25, 0.3) is 0 Å². The number of fused-ring (bicyclic) bond motifs is 1. The summed E-state index contributed by atoms with van der Waals surface area (Å²) in [5.41, 5.74) is 1.59. The van der Waals surface area contributed by atoms with Gasteiger partial charge < -0.3 is 19.7 Å². The molecule has 31 heavy (non-hydrogen) atoms. The molecule has 6 nitrogen and oxygen atoms in total.